The molecular formula is C19H29NO5. The molecule has 6 nitrogen and oxygen atoms in total. The van der Waals surface area contributed by atoms with E-state index in [2.05, 4.69) is 11.9 Å². The predicted molar refractivity (Wildman–Crippen MR) is 94.6 cm³/mol. The molecule has 0 aliphatic heterocycles. The molecule has 6 heteroatoms. The van der Waals surface area contributed by atoms with Crippen molar-refractivity contribution in [2.75, 3.05) is 26.9 Å². The molecule has 1 aromatic rings. The average molecular weight is 351 g/mol. The van der Waals surface area contributed by atoms with Crippen molar-refractivity contribution < 1.29 is 23.8 Å². The molecule has 1 unspecified atom stereocenters. The molecule has 140 valence electrons. The summed E-state index contributed by atoms with van der Waals surface area (Å²) in [6.07, 6.45) is 5.17. The monoisotopic (exact) mass is 351 g/mol. The smallest absolute Gasteiger partial charge is 0.356 e. The van der Waals surface area contributed by atoms with Crippen LogP contribution >= 0.6 is 0 Å². The molecule has 0 fully saturated rings. The van der Waals surface area contributed by atoms with Crippen molar-refractivity contribution in [1.82, 2.24) is 4.98 Å². The fraction of sp³-hybridized carbons (Fsp3) is 0.632. The Kier molecular flexibility index (Phi) is 10.5. The summed E-state index contributed by atoms with van der Waals surface area (Å²) in [7, 11) is 1.69. The standard InChI is InChI=1S/C19H29NO5/c1-4-6-8-15(11-13-23-3)12-14-25-19(22)17-10-7-9-16(20-17)18(21)24-5-2/h7,9-10,15H,4-6,8,11-14H2,1-3H3. The highest BCUT2D eigenvalue weighted by Crippen LogP contribution is 2.17. The first-order valence-electron chi connectivity index (χ1n) is 8.92. The van der Waals surface area contributed by atoms with E-state index in [-0.39, 0.29) is 18.0 Å². The zero-order chi connectivity index (χ0) is 18.5. The van der Waals surface area contributed by atoms with Crippen LogP contribution in [0.4, 0.5) is 0 Å². The molecule has 0 aliphatic rings. The summed E-state index contributed by atoms with van der Waals surface area (Å²) in [5.74, 6) is -0.588. The molecule has 0 radical (unpaired) electrons. The van der Waals surface area contributed by atoms with E-state index in [9.17, 15) is 9.59 Å². The minimum Gasteiger partial charge on any atom is -0.461 e. The Bertz CT molecular complexity index is 524. The van der Waals surface area contributed by atoms with Crippen LogP contribution in [-0.4, -0.2) is 43.9 Å². The quantitative estimate of drug-likeness (QED) is 0.535. The number of methoxy groups -OCH3 is 1. The number of hydrogen-bond donors (Lipinski definition) is 0. The summed E-state index contributed by atoms with van der Waals surface area (Å²) in [6.45, 7) is 5.19. The Labute approximate surface area is 149 Å². The van der Waals surface area contributed by atoms with Crippen molar-refractivity contribution in [3.8, 4) is 0 Å². The molecule has 0 aromatic carbocycles. The van der Waals surface area contributed by atoms with Crippen LogP contribution in [0.2, 0.25) is 0 Å². The highest BCUT2D eigenvalue weighted by Gasteiger charge is 2.15. The Hall–Kier alpha value is -1.95. The van der Waals surface area contributed by atoms with Crippen molar-refractivity contribution in [3.63, 3.8) is 0 Å². The number of aromatic nitrogens is 1. The summed E-state index contributed by atoms with van der Waals surface area (Å²) in [4.78, 5) is 27.8. The molecule has 0 N–H and O–H groups in total. The number of carbonyl (C=O) groups is 2. The van der Waals surface area contributed by atoms with E-state index < -0.39 is 11.9 Å². The van der Waals surface area contributed by atoms with E-state index in [1.54, 1.807) is 20.1 Å². The molecule has 1 atom stereocenters. The minimum atomic E-state index is -0.545. The summed E-state index contributed by atoms with van der Waals surface area (Å²) in [5.41, 5.74) is 0.227. The highest BCUT2D eigenvalue weighted by molar-refractivity contribution is 5.91. The molecule has 0 saturated heterocycles. The van der Waals surface area contributed by atoms with Gasteiger partial charge in [-0.25, -0.2) is 14.6 Å². The number of hydrogen-bond acceptors (Lipinski definition) is 6. The van der Waals surface area contributed by atoms with Gasteiger partial charge in [0, 0.05) is 13.7 Å². The highest BCUT2D eigenvalue weighted by atomic mass is 16.5. The zero-order valence-electron chi connectivity index (χ0n) is 15.5. The molecule has 1 rings (SSSR count). The van der Waals surface area contributed by atoms with Gasteiger partial charge in [0.1, 0.15) is 11.4 Å². The Morgan fingerprint density at radius 3 is 2.24 bits per heavy atom. The molecular weight excluding hydrogens is 322 g/mol. The first kappa shape index (κ1) is 21.1. The summed E-state index contributed by atoms with van der Waals surface area (Å²) < 4.78 is 15.3. The summed E-state index contributed by atoms with van der Waals surface area (Å²) in [5, 5.41) is 0. The van der Waals surface area contributed by atoms with E-state index in [4.69, 9.17) is 14.2 Å². The van der Waals surface area contributed by atoms with Gasteiger partial charge in [0.25, 0.3) is 0 Å². The molecule has 0 bridgehead atoms. The first-order chi connectivity index (χ1) is 12.1. The average Bonchev–Trinajstić information content (AvgIpc) is 2.63. The largest absolute Gasteiger partial charge is 0.461 e. The lowest BCUT2D eigenvalue weighted by atomic mass is 9.96. The van der Waals surface area contributed by atoms with Crippen LogP contribution in [-0.2, 0) is 14.2 Å². The maximum Gasteiger partial charge on any atom is 0.356 e. The van der Waals surface area contributed by atoms with Crippen molar-refractivity contribution in [2.24, 2.45) is 5.92 Å². The molecule has 0 amide bonds. The normalized spacial score (nSPS) is 11.8. The van der Waals surface area contributed by atoms with Gasteiger partial charge < -0.3 is 14.2 Å². The van der Waals surface area contributed by atoms with E-state index in [1.807, 2.05) is 0 Å². The van der Waals surface area contributed by atoms with Gasteiger partial charge in [0.2, 0.25) is 0 Å². The lowest BCUT2D eigenvalue weighted by Gasteiger charge is -2.16. The zero-order valence-corrected chi connectivity index (χ0v) is 15.5. The van der Waals surface area contributed by atoms with Crippen molar-refractivity contribution in [2.45, 2.75) is 46.0 Å². The third-order valence-corrected chi connectivity index (χ3v) is 3.90. The molecule has 1 aromatic heterocycles. The van der Waals surface area contributed by atoms with Crippen LogP contribution in [0.3, 0.4) is 0 Å². The van der Waals surface area contributed by atoms with Crippen LogP contribution < -0.4 is 0 Å². The van der Waals surface area contributed by atoms with Gasteiger partial charge in [-0.3, -0.25) is 0 Å². The van der Waals surface area contributed by atoms with Crippen LogP contribution in [0, 0.1) is 5.92 Å². The maximum atomic E-state index is 12.1. The Morgan fingerprint density at radius 1 is 1.00 bits per heavy atom. The predicted octanol–water partition coefficient (Wildman–Crippen LogP) is 3.65. The van der Waals surface area contributed by atoms with Crippen molar-refractivity contribution in [1.29, 1.82) is 0 Å². The second-order valence-corrected chi connectivity index (χ2v) is 5.84. The van der Waals surface area contributed by atoms with Gasteiger partial charge in [-0.15, -0.1) is 0 Å². The number of rotatable bonds is 12. The number of nitrogens with zero attached hydrogens (tertiary/aromatic N) is 1. The van der Waals surface area contributed by atoms with Gasteiger partial charge in [-0.2, -0.15) is 0 Å². The van der Waals surface area contributed by atoms with Crippen LogP contribution in [0.25, 0.3) is 0 Å². The number of unbranched alkanes of at least 4 members (excludes halogenated alkanes) is 1. The fourth-order valence-corrected chi connectivity index (χ4v) is 2.47. The van der Waals surface area contributed by atoms with Crippen molar-refractivity contribution >= 4 is 11.9 Å². The van der Waals surface area contributed by atoms with Crippen molar-refractivity contribution in [3.05, 3.63) is 29.6 Å². The summed E-state index contributed by atoms with van der Waals surface area (Å²) in [6, 6.07) is 4.64. The van der Waals surface area contributed by atoms with Gasteiger partial charge >= 0.3 is 11.9 Å². The second kappa shape index (κ2) is 12.4. The second-order valence-electron chi connectivity index (χ2n) is 5.84. The lowest BCUT2D eigenvalue weighted by molar-refractivity contribution is 0.0464. The molecule has 1 heterocycles. The SMILES string of the molecule is CCCCC(CCOC)CCOC(=O)c1cccc(C(=O)OCC)n1. The molecule has 0 spiro atoms. The number of pyridine rings is 1. The topological polar surface area (TPSA) is 74.7 Å². The third kappa shape index (κ3) is 8.12. The van der Waals surface area contributed by atoms with Gasteiger partial charge in [0.05, 0.1) is 13.2 Å². The van der Waals surface area contributed by atoms with Crippen LogP contribution in [0.15, 0.2) is 18.2 Å². The fourth-order valence-electron chi connectivity index (χ4n) is 2.47. The molecule has 0 saturated carbocycles. The number of esters is 2. The van der Waals surface area contributed by atoms with Gasteiger partial charge in [0.15, 0.2) is 0 Å². The Balaban J connectivity index is 2.52. The first-order valence-corrected chi connectivity index (χ1v) is 8.92. The Morgan fingerprint density at radius 2 is 1.64 bits per heavy atom. The van der Waals surface area contributed by atoms with Gasteiger partial charge in [-0.1, -0.05) is 32.3 Å². The van der Waals surface area contributed by atoms with E-state index >= 15 is 0 Å². The number of ether oxygens (including phenoxy) is 3. The van der Waals surface area contributed by atoms with Crippen LogP contribution in [0.5, 0.6) is 0 Å². The lowest BCUT2D eigenvalue weighted by Crippen LogP contribution is -2.15. The van der Waals surface area contributed by atoms with E-state index in [0.717, 1.165) is 32.1 Å². The number of carbonyl (C=O) groups excluding carboxylic acids is 2. The van der Waals surface area contributed by atoms with Crippen LogP contribution in [0.1, 0.15) is 66.9 Å². The molecule has 0 aliphatic carbocycles. The maximum absolute atomic E-state index is 12.1. The van der Waals surface area contributed by atoms with Gasteiger partial charge in [-0.05, 0) is 37.8 Å². The summed E-state index contributed by atoms with van der Waals surface area (Å²) >= 11 is 0. The van der Waals surface area contributed by atoms with E-state index in [1.165, 1.54) is 12.1 Å². The molecule has 25 heavy (non-hydrogen) atoms. The minimum absolute atomic E-state index is 0.109. The third-order valence-electron chi connectivity index (χ3n) is 3.90. The van der Waals surface area contributed by atoms with E-state index in [0.29, 0.717) is 19.1 Å².